The van der Waals surface area contributed by atoms with Gasteiger partial charge in [-0.05, 0) is 31.2 Å². The van der Waals surface area contributed by atoms with Crippen LogP contribution in [-0.2, 0) is 0 Å². The minimum Gasteiger partial charge on any atom is -0.497 e. The average molecular weight is 297 g/mol. The van der Waals surface area contributed by atoms with Crippen molar-refractivity contribution in [1.82, 2.24) is 0 Å². The lowest BCUT2D eigenvalue weighted by molar-refractivity contribution is 0.103. The van der Waals surface area contributed by atoms with Crippen molar-refractivity contribution in [2.45, 2.75) is 6.92 Å². The Hall–Kier alpha value is -3.00. The summed E-state index contributed by atoms with van der Waals surface area (Å²) in [5, 5.41) is 9.28. The normalized spacial score (nSPS) is 10.9. The summed E-state index contributed by atoms with van der Waals surface area (Å²) in [7, 11) is 3.07. The van der Waals surface area contributed by atoms with Crippen LogP contribution in [0.2, 0.25) is 0 Å². The molecular formula is C17H15NO4. The second-order valence-corrected chi connectivity index (χ2v) is 4.50. The van der Waals surface area contributed by atoms with Crippen molar-refractivity contribution in [3.8, 4) is 17.6 Å². The van der Waals surface area contributed by atoms with E-state index in [1.165, 1.54) is 19.4 Å². The van der Waals surface area contributed by atoms with E-state index in [0.717, 1.165) is 0 Å². The van der Waals surface area contributed by atoms with Crippen molar-refractivity contribution in [2.75, 3.05) is 14.2 Å². The summed E-state index contributed by atoms with van der Waals surface area (Å²) in [5.41, 5.74) is 1.00. The Labute approximate surface area is 128 Å². The molecule has 1 aromatic heterocycles. The summed E-state index contributed by atoms with van der Waals surface area (Å²) >= 11 is 0. The topological polar surface area (TPSA) is 72.5 Å². The van der Waals surface area contributed by atoms with Gasteiger partial charge in [-0.25, -0.2) is 0 Å². The molecule has 0 aliphatic heterocycles. The number of allylic oxidation sites excluding steroid dienone is 1. The molecule has 0 radical (unpaired) electrons. The van der Waals surface area contributed by atoms with Crippen LogP contribution in [0.5, 0.6) is 11.5 Å². The van der Waals surface area contributed by atoms with Crippen LogP contribution in [0.4, 0.5) is 0 Å². The van der Waals surface area contributed by atoms with Crippen LogP contribution >= 0.6 is 0 Å². The first-order valence-corrected chi connectivity index (χ1v) is 6.53. The Morgan fingerprint density at radius 2 is 2.05 bits per heavy atom. The number of carbonyl (C=O) groups excluding carboxylic acids is 1. The standard InChI is InChI=1S/C17H15NO4/c1-11-15(6-7-22-11)17(19)13(10-18)8-12-4-5-14(20-2)9-16(12)21-3/h4-9H,1-3H3. The maximum atomic E-state index is 12.4. The smallest absolute Gasteiger partial charge is 0.207 e. The highest BCUT2D eigenvalue weighted by molar-refractivity contribution is 6.14. The highest BCUT2D eigenvalue weighted by Gasteiger charge is 2.17. The summed E-state index contributed by atoms with van der Waals surface area (Å²) in [5.74, 6) is 1.24. The molecular weight excluding hydrogens is 282 g/mol. The van der Waals surface area contributed by atoms with E-state index in [1.54, 1.807) is 38.3 Å². The molecule has 0 saturated carbocycles. The molecule has 0 atom stereocenters. The Morgan fingerprint density at radius 1 is 1.27 bits per heavy atom. The fraction of sp³-hybridized carbons (Fsp3) is 0.176. The summed E-state index contributed by atoms with van der Waals surface area (Å²) in [6, 6.07) is 8.63. The van der Waals surface area contributed by atoms with E-state index < -0.39 is 0 Å². The predicted octanol–water partition coefficient (Wildman–Crippen LogP) is 3.40. The van der Waals surface area contributed by atoms with Crippen molar-refractivity contribution >= 4 is 11.9 Å². The van der Waals surface area contributed by atoms with E-state index >= 15 is 0 Å². The van der Waals surface area contributed by atoms with Crippen molar-refractivity contribution in [3.05, 3.63) is 53.0 Å². The summed E-state index contributed by atoms with van der Waals surface area (Å²) < 4.78 is 15.5. The minimum absolute atomic E-state index is 0.00738. The van der Waals surface area contributed by atoms with E-state index in [1.807, 2.05) is 6.07 Å². The molecule has 0 bridgehead atoms. The monoisotopic (exact) mass is 297 g/mol. The third-order valence-electron chi connectivity index (χ3n) is 3.21. The van der Waals surface area contributed by atoms with Crippen LogP contribution in [0.3, 0.4) is 0 Å². The van der Waals surface area contributed by atoms with Gasteiger partial charge in [0.1, 0.15) is 28.9 Å². The Kier molecular flexibility index (Phi) is 4.64. The quantitative estimate of drug-likeness (QED) is 0.480. The number of carbonyl (C=O) groups is 1. The van der Waals surface area contributed by atoms with Gasteiger partial charge in [-0.3, -0.25) is 4.79 Å². The van der Waals surface area contributed by atoms with Crippen LogP contribution in [0.1, 0.15) is 21.7 Å². The van der Waals surface area contributed by atoms with Crippen LogP contribution in [-0.4, -0.2) is 20.0 Å². The number of aryl methyl sites for hydroxylation is 1. The number of rotatable bonds is 5. The van der Waals surface area contributed by atoms with Gasteiger partial charge in [-0.2, -0.15) is 5.26 Å². The van der Waals surface area contributed by atoms with E-state index in [2.05, 4.69) is 0 Å². The molecule has 22 heavy (non-hydrogen) atoms. The van der Waals surface area contributed by atoms with Crippen LogP contribution in [0.15, 0.2) is 40.5 Å². The van der Waals surface area contributed by atoms with Gasteiger partial charge in [-0.15, -0.1) is 0 Å². The number of nitriles is 1. The number of ether oxygens (including phenoxy) is 2. The molecule has 112 valence electrons. The van der Waals surface area contributed by atoms with Gasteiger partial charge in [-0.1, -0.05) is 0 Å². The number of benzene rings is 1. The average Bonchev–Trinajstić information content (AvgIpc) is 2.97. The van der Waals surface area contributed by atoms with Gasteiger partial charge >= 0.3 is 0 Å². The first-order chi connectivity index (χ1) is 10.6. The first kappa shape index (κ1) is 15.4. The molecule has 5 heteroatoms. The number of furan rings is 1. The maximum absolute atomic E-state index is 12.4. The third kappa shape index (κ3) is 3.01. The lowest BCUT2D eigenvalue weighted by atomic mass is 10.0. The number of methoxy groups -OCH3 is 2. The largest absolute Gasteiger partial charge is 0.497 e. The molecule has 0 saturated heterocycles. The molecule has 1 heterocycles. The molecule has 0 aliphatic carbocycles. The van der Waals surface area contributed by atoms with Crippen molar-refractivity contribution in [2.24, 2.45) is 0 Å². The minimum atomic E-state index is -0.383. The zero-order chi connectivity index (χ0) is 16.1. The lowest BCUT2D eigenvalue weighted by Crippen LogP contribution is -2.02. The lowest BCUT2D eigenvalue weighted by Gasteiger charge is -2.07. The number of hydrogen-bond donors (Lipinski definition) is 0. The summed E-state index contributed by atoms with van der Waals surface area (Å²) in [6.45, 7) is 1.68. The van der Waals surface area contributed by atoms with E-state index in [4.69, 9.17) is 13.9 Å². The van der Waals surface area contributed by atoms with Crippen molar-refractivity contribution < 1.29 is 18.7 Å². The number of Topliss-reactive ketones (excluding diaryl/α,β-unsaturated/α-hetero) is 1. The Bertz CT molecular complexity index is 765. The van der Waals surface area contributed by atoms with Gasteiger partial charge < -0.3 is 13.9 Å². The van der Waals surface area contributed by atoms with Gasteiger partial charge in [0.2, 0.25) is 5.78 Å². The molecule has 0 amide bonds. The molecule has 0 unspecified atom stereocenters. The van der Waals surface area contributed by atoms with Crippen LogP contribution in [0.25, 0.3) is 6.08 Å². The van der Waals surface area contributed by atoms with Gasteiger partial charge in [0.25, 0.3) is 0 Å². The molecule has 0 spiro atoms. The predicted molar refractivity (Wildman–Crippen MR) is 80.9 cm³/mol. The number of hydrogen-bond acceptors (Lipinski definition) is 5. The van der Waals surface area contributed by atoms with Crippen molar-refractivity contribution in [1.29, 1.82) is 5.26 Å². The fourth-order valence-electron chi connectivity index (χ4n) is 2.01. The highest BCUT2D eigenvalue weighted by atomic mass is 16.5. The first-order valence-electron chi connectivity index (χ1n) is 6.53. The Morgan fingerprint density at radius 3 is 2.59 bits per heavy atom. The molecule has 5 nitrogen and oxygen atoms in total. The number of ketones is 1. The van der Waals surface area contributed by atoms with Gasteiger partial charge in [0, 0.05) is 11.6 Å². The zero-order valence-corrected chi connectivity index (χ0v) is 12.5. The zero-order valence-electron chi connectivity index (χ0n) is 12.5. The highest BCUT2D eigenvalue weighted by Crippen LogP contribution is 2.27. The number of nitrogens with zero attached hydrogens (tertiary/aromatic N) is 1. The molecule has 0 fully saturated rings. The molecule has 0 aliphatic rings. The van der Waals surface area contributed by atoms with Crippen LogP contribution in [0, 0.1) is 18.3 Å². The van der Waals surface area contributed by atoms with Gasteiger partial charge in [0.15, 0.2) is 0 Å². The van der Waals surface area contributed by atoms with E-state index in [0.29, 0.717) is 28.4 Å². The fourth-order valence-corrected chi connectivity index (χ4v) is 2.01. The van der Waals surface area contributed by atoms with Gasteiger partial charge in [0.05, 0.1) is 26.0 Å². The second kappa shape index (κ2) is 6.64. The summed E-state index contributed by atoms with van der Waals surface area (Å²) in [4.78, 5) is 12.4. The van der Waals surface area contributed by atoms with Crippen LogP contribution < -0.4 is 9.47 Å². The third-order valence-corrected chi connectivity index (χ3v) is 3.21. The molecule has 0 N–H and O–H groups in total. The molecule has 1 aromatic carbocycles. The van der Waals surface area contributed by atoms with Crippen molar-refractivity contribution in [3.63, 3.8) is 0 Å². The maximum Gasteiger partial charge on any atom is 0.207 e. The second-order valence-electron chi connectivity index (χ2n) is 4.50. The molecule has 2 aromatic rings. The van der Waals surface area contributed by atoms with E-state index in [9.17, 15) is 10.1 Å². The van der Waals surface area contributed by atoms with E-state index in [-0.39, 0.29) is 11.4 Å². The summed E-state index contributed by atoms with van der Waals surface area (Å²) in [6.07, 6.45) is 2.92. The Balaban J connectivity index is 2.44. The SMILES string of the molecule is COc1ccc(C=C(C#N)C(=O)c2ccoc2C)c(OC)c1. The molecule has 2 rings (SSSR count).